The highest BCUT2D eigenvalue weighted by Crippen LogP contribution is 2.23. The van der Waals surface area contributed by atoms with Crippen molar-refractivity contribution in [1.82, 2.24) is 10.5 Å². The van der Waals surface area contributed by atoms with Crippen molar-refractivity contribution in [2.75, 3.05) is 6.67 Å². The summed E-state index contributed by atoms with van der Waals surface area (Å²) >= 11 is 0. The number of amides is 1. The van der Waals surface area contributed by atoms with E-state index in [-0.39, 0.29) is 5.69 Å². The van der Waals surface area contributed by atoms with Crippen molar-refractivity contribution in [2.24, 2.45) is 0 Å². The van der Waals surface area contributed by atoms with Gasteiger partial charge >= 0.3 is 5.97 Å². The lowest BCUT2D eigenvalue weighted by atomic mass is 10.1. The van der Waals surface area contributed by atoms with Gasteiger partial charge < -0.3 is 14.9 Å². The zero-order chi connectivity index (χ0) is 13.8. The van der Waals surface area contributed by atoms with Crippen LogP contribution in [-0.4, -0.2) is 34.9 Å². The number of fused-ring (bicyclic) bond motifs is 1. The third-order valence-corrected chi connectivity index (χ3v) is 3.17. The van der Waals surface area contributed by atoms with Crippen molar-refractivity contribution in [3.05, 3.63) is 17.0 Å². The second kappa shape index (κ2) is 5.81. The van der Waals surface area contributed by atoms with Crippen LogP contribution in [0.3, 0.4) is 0 Å². The van der Waals surface area contributed by atoms with Gasteiger partial charge in [0.2, 0.25) is 0 Å². The molecule has 2 rings (SSSR count). The highest BCUT2D eigenvalue weighted by molar-refractivity contribution is 5.96. The van der Waals surface area contributed by atoms with Gasteiger partial charge in [-0.05, 0) is 19.3 Å². The first-order chi connectivity index (χ1) is 9.13. The van der Waals surface area contributed by atoms with Crippen LogP contribution < -0.4 is 5.32 Å². The van der Waals surface area contributed by atoms with Crippen molar-refractivity contribution in [3.8, 4) is 0 Å². The monoisotopic (exact) mass is 270 g/mol. The molecule has 1 aromatic heterocycles. The summed E-state index contributed by atoms with van der Waals surface area (Å²) in [7, 11) is 0. The number of alkyl halides is 1. The van der Waals surface area contributed by atoms with Gasteiger partial charge in [-0.25, -0.2) is 9.18 Å². The van der Waals surface area contributed by atoms with Crippen LogP contribution in [0, 0.1) is 0 Å². The van der Waals surface area contributed by atoms with Gasteiger partial charge in [-0.15, -0.1) is 0 Å². The fourth-order valence-electron chi connectivity index (χ4n) is 2.13. The minimum absolute atomic E-state index is 0.0802. The maximum Gasteiger partial charge on any atom is 0.328 e. The number of carbonyl (C=O) groups is 2. The number of aliphatic carboxylic acids is 1. The van der Waals surface area contributed by atoms with Crippen LogP contribution in [0.15, 0.2) is 4.52 Å². The molecule has 7 heteroatoms. The zero-order valence-electron chi connectivity index (χ0n) is 10.3. The molecule has 1 aliphatic carbocycles. The molecule has 0 aliphatic heterocycles. The smallest absolute Gasteiger partial charge is 0.328 e. The number of hydrogen-bond donors (Lipinski definition) is 2. The number of rotatable bonds is 4. The number of nitrogens with zero attached hydrogens (tertiary/aromatic N) is 1. The van der Waals surface area contributed by atoms with Gasteiger partial charge in [-0.2, -0.15) is 0 Å². The molecule has 19 heavy (non-hydrogen) atoms. The van der Waals surface area contributed by atoms with E-state index in [1.54, 1.807) is 0 Å². The van der Waals surface area contributed by atoms with Crippen molar-refractivity contribution < 1.29 is 23.6 Å². The number of hydrogen-bond acceptors (Lipinski definition) is 4. The number of nitrogens with one attached hydrogen (secondary N) is 1. The SMILES string of the molecule is O=C(NC(CF)C(=O)O)c1noc2c1CCCCC2. The molecule has 1 atom stereocenters. The topological polar surface area (TPSA) is 92.4 Å². The predicted octanol–water partition coefficient (Wildman–Crippen LogP) is 1.10. The molecule has 2 N–H and O–H groups in total. The summed E-state index contributed by atoms with van der Waals surface area (Å²) in [6.07, 6.45) is 4.36. The number of aryl methyl sites for hydroxylation is 1. The molecule has 1 unspecified atom stereocenters. The number of carboxylic acids is 1. The average Bonchev–Trinajstić information content (AvgIpc) is 2.64. The third-order valence-electron chi connectivity index (χ3n) is 3.17. The molecule has 1 aromatic rings. The molecule has 0 radical (unpaired) electrons. The van der Waals surface area contributed by atoms with Crippen LogP contribution >= 0.6 is 0 Å². The second-order valence-electron chi connectivity index (χ2n) is 4.51. The van der Waals surface area contributed by atoms with Gasteiger partial charge in [-0.1, -0.05) is 11.6 Å². The quantitative estimate of drug-likeness (QED) is 0.799. The summed E-state index contributed by atoms with van der Waals surface area (Å²) in [5.74, 6) is -1.43. The van der Waals surface area contributed by atoms with E-state index in [0.717, 1.165) is 31.2 Å². The van der Waals surface area contributed by atoms with Crippen LogP contribution in [0.1, 0.15) is 41.1 Å². The van der Waals surface area contributed by atoms with Crippen molar-refractivity contribution in [2.45, 2.75) is 38.1 Å². The molecule has 0 bridgehead atoms. The summed E-state index contributed by atoms with van der Waals surface area (Å²) in [6.45, 7) is -1.17. The Morgan fingerprint density at radius 2 is 2.11 bits per heavy atom. The van der Waals surface area contributed by atoms with E-state index in [2.05, 4.69) is 10.5 Å². The Kier molecular flexibility index (Phi) is 4.13. The minimum atomic E-state index is -1.55. The molecule has 0 saturated carbocycles. The van der Waals surface area contributed by atoms with Gasteiger partial charge in [0, 0.05) is 12.0 Å². The third kappa shape index (κ3) is 2.91. The van der Waals surface area contributed by atoms with E-state index < -0.39 is 24.6 Å². The second-order valence-corrected chi connectivity index (χ2v) is 4.51. The van der Waals surface area contributed by atoms with Crippen molar-refractivity contribution in [1.29, 1.82) is 0 Å². The Bertz CT molecular complexity index is 486. The molecule has 104 valence electrons. The minimum Gasteiger partial charge on any atom is -0.480 e. The fraction of sp³-hybridized carbons (Fsp3) is 0.583. The molecule has 1 heterocycles. The number of carboxylic acid groups (broad SMARTS) is 1. The molecular formula is C12H15FN2O4. The molecule has 0 fully saturated rings. The summed E-state index contributed by atoms with van der Waals surface area (Å²) in [5.41, 5.74) is 0.801. The van der Waals surface area contributed by atoms with Crippen molar-refractivity contribution >= 4 is 11.9 Å². The Morgan fingerprint density at radius 1 is 1.37 bits per heavy atom. The normalized spacial score (nSPS) is 16.3. The van der Waals surface area contributed by atoms with Gasteiger partial charge in [0.25, 0.3) is 5.91 Å². The molecule has 0 aromatic carbocycles. The number of carbonyl (C=O) groups excluding carboxylic acids is 1. The number of halogens is 1. The predicted molar refractivity (Wildman–Crippen MR) is 62.6 cm³/mol. The standard InChI is InChI=1S/C12H15FN2O4/c13-6-8(12(17)18)14-11(16)10-7-4-2-1-3-5-9(7)19-15-10/h8H,1-6H2,(H,14,16)(H,17,18). The molecule has 1 amide bonds. The highest BCUT2D eigenvalue weighted by atomic mass is 19.1. The fourth-order valence-corrected chi connectivity index (χ4v) is 2.13. The highest BCUT2D eigenvalue weighted by Gasteiger charge is 2.26. The first-order valence-electron chi connectivity index (χ1n) is 6.20. The van der Waals surface area contributed by atoms with Gasteiger partial charge in [-0.3, -0.25) is 4.79 Å². The summed E-state index contributed by atoms with van der Waals surface area (Å²) in [6, 6.07) is -1.55. The largest absolute Gasteiger partial charge is 0.480 e. The van der Waals surface area contributed by atoms with Crippen LogP contribution in [0.4, 0.5) is 4.39 Å². The van der Waals surface area contributed by atoms with Crippen LogP contribution in [0.2, 0.25) is 0 Å². The van der Waals surface area contributed by atoms with E-state index >= 15 is 0 Å². The molecule has 6 nitrogen and oxygen atoms in total. The van der Waals surface area contributed by atoms with E-state index in [0.29, 0.717) is 12.2 Å². The van der Waals surface area contributed by atoms with E-state index in [9.17, 15) is 14.0 Å². The Hall–Kier alpha value is -1.92. The maximum absolute atomic E-state index is 12.5. The molecule has 0 saturated heterocycles. The lowest BCUT2D eigenvalue weighted by molar-refractivity contribution is -0.139. The summed E-state index contributed by atoms with van der Waals surface area (Å²) in [5, 5.41) is 14.5. The molecule has 1 aliphatic rings. The molecular weight excluding hydrogens is 255 g/mol. The zero-order valence-corrected chi connectivity index (χ0v) is 10.3. The number of aromatic nitrogens is 1. The van der Waals surface area contributed by atoms with E-state index in [1.165, 1.54) is 0 Å². The molecule has 0 spiro atoms. The maximum atomic E-state index is 12.5. The van der Waals surface area contributed by atoms with Gasteiger partial charge in [0.15, 0.2) is 11.7 Å². The summed E-state index contributed by atoms with van der Waals surface area (Å²) in [4.78, 5) is 22.6. The Labute approximate surface area is 109 Å². The lowest BCUT2D eigenvalue weighted by Crippen LogP contribution is -2.42. The van der Waals surface area contributed by atoms with Gasteiger partial charge in [0.05, 0.1) is 0 Å². The lowest BCUT2D eigenvalue weighted by Gasteiger charge is -2.09. The van der Waals surface area contributed by atoms with Gasteiger partial charge in [0.1, 0.15) is 12.4 Å². The van der Waals surface area contributed by atoms with Crippen LogP contribution in [-0.2, 0) is 17.6 Å². The van der Waals surface area contributed by atoms with Crippen molar-refractivity contribution in [3.63, 3.8) is 0 Å². The summed E-state index contributed by atoms with van der Waals surface area (Å²) < 4.78 is 17.6. The Balaban J connectivity index is 2.15. The first-order valence-corrected chi connectivity index (χ1v) is 6.20. The Morgan fingerprint density at radius 3 is 2.79 bits per heavy atom. The van der Waals surface area contributed by atoms with Crippen LogP contribution in [0.25, 0.3) is 0 Å². The van der Waals surface area contributed by atoms with E-state index in [4.69, 9.17) is 9.63 Å². The van der Waals surface area contributed by atoms with E-state index in [1.807, 2.05) is 0 Å². The average molecular weight is 270 g/mol. The van der Waals surface area contributed by atoms with Crippen LogP contribution in [0.5, 0.6) is 0 Å². The first kappa shape index (κ1) is 13.5.